The Morgan fingerprint density at radius 3 is 2.13 bits per heavy atom. The minimum atomic E-state index is -4.68. The molecule has 1 N–H and O–H groups in total. The van der Waals surface area contributed by atoms with Crippen molar-refractivity contribution in [2.75, 3.05) is 29.5 Å². The van der Waals surface area contributed by atoms with Gasteiger partial charge in [0, 0.05) is 53.2 Å². The molecule has 16 heteroatoms. The fourth-order valence-electron chi connectivity index (χ4n) is 6.67. The molecule has 52 heavy (non-hydrogen) atoms. The summed E-state index contributed by atoms with van der Waals surface area (Å²) in [5.74, 6) is -0.757. The predicted molar refractivity (Wildman–Crippen MR) is 194 cm³/mol. The van der Waals surface area contributed by atoms with Gasteiger partial charge in [-0.05, 0) is 69.9 Å². The number of anilines is 1. The van der Waals surface area contributed by atoms with Crippen LogP contribution in [0.2, 0.25) is 0 Å². The number of allylic oxidation sites excluding steroid dienone is 8. The van der Waals surface area contributed by atoms with E-state index in [1.54, 1.807) is 6.07 Å². The third kappa shape index (κ3) is 11.8. The van der Waals surface area contributed by atoms with Gasteiger partial charge in [-0.25, -0.2) is 16.8 Å². The van der Waals surface area contributed by atoms with Crippen molar-refractivity contribution in [3.05, 3.63) is 101 Å². The second kappa shape index (κ2) is 18.5. The number of nitrogens with zero attached hydrogens (tertiary/aromatic N) is 2. The van der Waals surface area contributed by atoms with E-state index in [4.69, 9.17) is 4.55 Å². The van der Waals surface area contributed by atoms with Gasteiger partial charge in [0.15, 0.2) is 5.71 Å². The van der Waals surface area contributed by atoms with Crippen LogP contribution in [-0.4, -0.2) is 73.8 Å². The number of hydrogen-bond acceptors (Lipinski definition) is 9. The Balaban J connectivity index is 0.00000468. The van der Waals surface area contributed by atoms with E-state index in [1.165, 1.54) is 17.7 Å². The molecule has 0 aliphatic carbocycles. The van der Waals surface area contributed by atoms with Gasteiger partial charge < -0.3 is 14.0 Å². The third-order valence-electron chi connectivity index (χ3n) is 9.24. The summed E-state index contributed by atoms with van der Waals surface area (Å²) in [5.41, 5.74) is 5.43. The van der Waals surface area contributed by atoms with E-state index in [1.807, 2.05) is 68.2 Å². The fraction of sp³-hybridized carbons (Fsp3) is 0.417. The molecule has 0 bridgehead atoms. The van der Waals surface area contributed by atoms with Crippen molar-refractivity contribution in [1.82, 2.24) is 0 Å². The normalized spacial score (nSPS) is 17.8. The van der Waals surface area contributed by atoms with Gasteiger partial charge >= 0.3 is 59.1 Å². The van der Waals surface area contributed by atoms with Crippen LogP contribution < -0.4 is 64.0 Å². The summed E-state index contributed by atoms with van der Waals surface area (Å²) in [6.07, 6.45) is 13.2. The first-order valence-corrected chi connectivity index (χ1v) is 21.0. The molecule has 0 radical (unpaired) electrons. The second-order valence-corrected chi connectivity index (χ2v) is 18.2. The van der Waals surface area contributed by atoms with E-state index >= 15 is 0 Å². The van der Waals surface area contributed by atoms with Gasteiger partial charge in [0.25, 0.3) is 10.1 Å². The quantitative estimate of drug-likeness (QED) is 0.0831. The van der Waals surface area contributed by atoms with Gasteiger partial charge in [-0.2, -0.15) is 13.0 Å². The number of unbranched alkanes of at least 4 members (excludes halogenated alkanes) is 2. The maximum atomic E-state index is 11.8. The molecule has 2 heterocycles. The summed E-state index contributed by atoms with van der Waals surface area (Å²) in [6, 6.07) is 12.4. The molecule has 0 saturated heterocycles. The second-order valence-electron chi connectivity index (χ2n) is 13.7. The molecule has 2 aromatic carbocycles. The SMILES string of the molecule is CC(C=C/C=C1/N(CCCCS(=O)(=O)[O-])c2ccc(S(=O)(=O)[O-])cc2C1(C)C)=CC=CC1=[N+](CCCCS(=O)(=O)O)c2ccccc2C1(C)C.[Na+].[Na+]. The Hall–Kier alpha value is -1.40. The molecular formula is C36H45N2Na2O9S3+. The molecule has 0 fully saturated rings. The van der Waals surface area contributed by atoms with Gasteiger partial charge in [0.1, 0.15) is 16.7 Å². The Labute approximate surface area is 353 Å². The van der Waals surface area contributed by atoms with Gasteiger partial charge in [0.05, 0.1) is 26.2 Å². The minimum absolute atomic E-state index is 0. The van der Waals surface area contributed by atoms with Gasteiger partial charge in [-0.1, -0.05) is 61.9 Å². The van der Waals surface area contributed by atoms with E-state index in [2.05, 4.69) is 36.6 Å². The van der Waals surface area contributed by atoms with Crippen molar-refractivity contribution in [1.29, 1.82) is 0 Å². The Kier molecular flexibility index (Phi) is 16.6. The molecule has 0 spiro atoms. The Morgan fingerprint density at radius 2 is 1.50 bits per heavy atom. The first kappa shape index (κ1) is 46.8. The summed E-state index contributed by atoms with van der Waals surface area (Å²) >= 11 is 0. The van der Waals surface area contributed by atoms with Crippen molar-refractivity contribution in [2.24, 2.45) is 0 Å². The summed E-state index contributed by atoms with van der Waals surface area (Å²) in [6.45, 7) is 11.1. The molecule has 2 aromatic rings. The van der Waals surface area contributed by atoms with E-state index in [0.717, 1.165) is 22.7 Å². The minimum Gasteiger partial charge on any atom is -0.748 e. The van der Waals surface area contributed by atoms with Crippen LogP contribution in [0.4, 0.5) is 11.4 Å². The molecule has 4 rings (SSSR count). The number of fused-ring (bicyclic) bond motifs is 2. The van der Waals surface area contributed by atoms with E-state index < -0.39 is 41.5 Å². The van der Waals surface area contributed by atoms with Crippen LogP contribution >= 0.6 is 0 Å². The van der Waals surface area contributed by atoms with Crippen molar-refractivity contribution < 1.29 is 103 Å². The maximum absolute atomic E-state index is 11.8. The van der Waals surface area contributed by atoms with Crippen molar-refractivity contribution in [3.63, 3.8) is 0 Å². The Bertz CT molecular complexity index is 2120. The van der Waals surface area contributed by atoms with Crippen LogP contribution in [0.5, 0.6) is 0 Å². The molecule has 0 unspecified atom stereocenters. The molecule has 0 atom stereocenters. The van der Waals surface area contributed by atoms with Crippen molar-refractivity contribution in [2.45, 2.75) is 76.0 Å². The molecular weight excluding hydrogens is 747 g/mol. The van der Waals surface area contributed by atoms with Crippen LogP contribution in [0.1, 0.15) is 71.4 Å². The van der Waals surface area contributed by atoms with Crippen molar-refractivity contribution in [3.8, 4) is 0 Å². The summed E-state index contributed by atoms with van der Waals surface area (Å²) in [4.78, 5) is 1.64. The van der Waals surface area contributed by atoms with E-state index in [0.29, 0.717) is 43.6 Å². The molecule has 2 aliphatic rings. The number of para-hydroxylation sites is 1. The summed E-state index contributed by atoms with van der Waals surface area (Å²) < 4.78 is 103. The fourth-order valence-corrected chi connectivity index (χ4v) is 8.30. The van der Waals surface area contributed by atoms with Crippen LogP contribution in [0.25, 0.3) is 0 Å². The average molecular weight is 792 g/mol. The molecule has 0 saturated carbocycles. The number of hydrogen-bond donors (Lipinski definition) is 1. The smallest absolute Gasteiger partial charge is 0.748 e. The first-order valence-electron chi connectivity index (χ1n) is 16.4. The molecule has 11 nitrogen and oxygen atoms in total. The van der Waals surface area contributed by atoms with Crippen molar-refractivity contribution >= 4 is 47.4 Å². The van der Waals surface area contributed by atoms with Crippen LogP contribution in [0, 0.1) is 0 Å². The zero-order chi connectivity index (χ0) is 37.1. The molecule has 272 valence electrons. The largest absolute Gasteiger partial charge is 1.00 e. The Morgan fingerprint density at radius 1 is 0.846 bits per heavy atom. The zero-order valence-electron chi connectivity index (χ0n) is 31.0. The monoisotopic (exact) mass is 791 g/mol. The maximum Gasteiger partial charge on any atom is 1.00 e. The predicted octanol–water partition coefficient (Wildman–Crippen LogP) is -0.291. The average Bonchev–Trinajstić information content (AvgIpc) is 3.34. The van der Waals surface area contributed by atoms with E-state index in [-0.39, 0.29) is 81.6 Å². The number of benzene rings is 2. The van der Waals surface area contributed by atoms with Gasteiger partial charge in [-0.3, -0.25) is 4.55 Å². The third-order valence-corrected chi connectivity index (χ3v) is 11.7. The molecule has 0 amide bonds. The van der Waals surface area contributed by atoms with Gasteiger partial charge in [0.2, 0.25) is 5.69 Å². The molecule has 2 aliphatic heterocycles. The number of rotatable bonds is 15. The van der Waals surface area contributed by atoms with Crippen LogP contribution in [0.3, 0.4) is 0 Å². The van der Waals surface area contributed by atoms with Gasteiger partial charge in [-0.15, -0.1) is 0 Å². The first-order chi connectivity index (χ1) is 23.1. The zero-order valence-corrected chi connectivity index (χ0v) is 37.4. The summed E-state index contributed by atoms with van der Waals surface area (Å²) in [7, 11) is -13.0. The topological polar surface area (TPSA) is 175 Å². The van der Waals surface area contributed by atoms with Crippen LogP contribution in [-0.2, 0) is 41.2 Å². The standard InChI is InChI=1S/C36H46N2O9S3.2Na/c1-27(14-12-18-33-35(2,3)29-16-6-7-17-31(29)37(33)22-8-10-24-48(39,40)41)15-13-19-34-36(4,5)30-26-28(50(45,46)47)20-21-32(30)38(34)23-9-11-25-49(42,43)44;;/h6-7,12-21,26H,8-11,22-25H2,1-5H3,(H2-,39,40,41,42,43,44,45,46,47);;/q;2*+1/p-1. The van der Waals surface area contributed by atoms with Crippen LogP contribution in [0.15, 0.2) is 95.1 Å². The molecule has 0 aromatic heterocycles. The summed E-state index contributed by atoms with van der Waals surface area (Å²) in [5, 5.41) is 0. The van der Waals surface area contributed by atoms with E-state index in [9.17, 15) is 34.4 Å².